The number of nitrogens with zero attached hydrogens (tertiary/aromatic N) is 1. The van der Waals surface area contributed by atoms with E-state index in [2.05, 4.69) is 51.2 Å². The predicted molar refractivity (Wildman–Crippen MR) is 69.3 cm³/mol. The molecule has 2 aromatic rings. The van der Waals surface area contributed by atoms with Crippen LogP contribution in [0.4, 0.5) is 0 Å². The molecule has 0 spiro atoms. The predicted octanol–water partition coefficient (Wildman–Crippen LogP) is 4.39. The van der Waals surface area contributed by atoms with Crippen LogP contribution in [-0.2, 0) is 0 Å². The summed E-state index contributed by atoms with van der Waals surface area (Å²) in [6.45, 7) is 0. The largest absolute Gasteiger partial charge is 0.264 e. The summed E-state index contributed by atoms with van der Waals surface area (Å²) in [5.41, 5.74) is 4.03. The summed E-state index contributed by atoms with van der Waals surface area (Å²) in [5, 5.41) is 0. The number of hydrogen-bond donors (Lipinski definition) is 0. The van der Waals surface area contributed by atoms with Crippen LogP contribution < -0.4 is 0 Å². The van der Waals surface area contributed by atoms with Crippen molar-refractivity contribution in [3.05, 3.63) is 52.8 Å². The van der Waals surface area contributed by atoms with Crippen LogP contribution in [0.25, 0.3) is 11.1 Å². The second kappa shape index (κ2) is 4.02. The normalized spacial score (nSPS) is 15.1. The van der Waals surface area contributed by atoms with E-state index in [0.29, 0.717) is 0 Å². The third-order valence-electron chi connectivity index (χ3n) is 3.02. The molecular weight excluding hydrogens is 262 g/mol. The Labute approximate surface area is 104 Å². The standard InChI is InChI=1S/C14H12BrN/c15-12-5-3-10(4-6-12)13-7-8-16-9-14(13)11-1-2-11/h3-9,11H,1-2H2. The molecule has 0 aliphatic heterocycles. The van der Waals surface area contributed by atoms with Gasteiger partial charge in [0.05, 0.1) is 0 Å². The van der Waals surface area contributed by atoms with Crippen LogP contribution >= 0.6 is 15.9 Å². The van der Waals surface area contributed by atoms with Crippen LogP contribution in [0.1, 0.15) is 24.3 Å². The molecule has 1 fully saturated rings. The molecule has 0 unspecified atom stereocenters. The van der Waals surface area contributed by atoms with Crippen molar-refractivity contribution in [3.63, 3.8) is 0 Å². The summed E-state index contributed by atoms with van der Waals surface area (Å²) in [5.74, 6) is 0.743. The first-order valence-corrected chi connectivity index (χ1v) is 6.34. The number of pyridine rings is 1. The van der Waals surface area contributed by atoms with Gasteiger partial charge >= 0.3 is 0 Å². The molecule has 1 aromatic heterocycles. The van der Waals surface area contributed by atoms with Gasteiger partial charge in [-0.15, -0.1) is 0 Å². The first kappa shape index (κ1) is 10.0. The lowest BCUT2D eigenvalue weighted by Gasteiger charge is -2.07. The fraction of sp³-hybridized carbons (Fsp3) is 0.214. The van der Waals surface area contributed by atoms with E-state index in [1.807, 2.05) is 12.4 Å². The van der Waals surface area contributed by atoms with E-state index in [4.69, 9.17) is 0 Å². The smallest absolute Gasteiger partial charge is 0.0308 e. The summed E-state index contributed by atoms with van der Waals surface area (Å²) in [6.07, 6.45) is 6.53. The molecule has 80 valence electrons. The van der Waals surface area contributed by atoms with Gasteiger partial charge in [-0.2, -0.15) is 0 Å². The second-order valence-electron chi connectivity index (χ2n) is 4.24. The van der Waals surface area contributed by atoms with Gasteiger partial charge in [-0.3, -0.25) is 4.98 Å². The Kier molecular flexibility index (Phi) is 2.52. The molecule has 2 heteroatoms. The van der Waals surface area contributed by atoms with Crippen LogP contribution in [0.5, 0.6) is 0 Å². The molecule has 16 heavy (non-hydrogen) atoms. The number of halogens is 1. The maximum atomic E-state index is 4.24. The van der Waals surface area contributed by atoms with Crippen molar-refractivity contribution in [1.29, 1.82) is 0 Å². The van der Waals surface area contributed by atoms with Crippen molar-refractivity contribution in [1.82, 2.24) is 4.98 Å². The van der Waals surface area contributed by atoms with Gasteiger partial charge in [0.15, 0.2) is 0 Å². The number of aromatic nitrogens is 1. The Bertz CT molecular complexity index is 500. The number of rotatable bonds is 2. The molecule has 0 N–H and O–H groups in total. The lowest BCUT2D eigenvalue weighted by atomic mass is 9.99. The fourth-order valence-corrected chi connectivity index (χ4v) is 2.28. The first-order chi connectivity index (χ1) is 7.84. The van der Waals surface area contributed by atoms with E-state index in [1.54, 1.807) is 0 Å². The molecule has 1 saturated carbocycles. The molecular formula is C14H12BrN. The lowest BCUT2D eigenvalue weighted by molar-refractivity contribution is 1.10. The SMILES string of the molecule is Brc1ccc(-c2ccncc2C2CC2)cc1. The highest BCUT2D eigenvalue weighted by molar-refractivity contribution is 9.10. The van der Waals surface area contributed by atoms with Crippen LogP contribution in [0.2, 0.25) is 0 Å². The zero-order chi connectivity index (χ0) is 11.0. The van der Waals surface area contributed by atoms with Crippen molar-refractivity contribution in [2.24, 2.45) is 0 Å². The van der Waals surface area contributed by atoms with E-state index < -0.39 is 0 Å². The first-order valence-electron chi connectivity index (χ1n) is 5.54. The monoisotopic (exact) mass is 273 g/mol. The lowest BCUT2D eigenvalue weighted by Crippen LogP contribution is -1.88. The van der Waals surface area contributed by atoms with Crippen LogP contribution in [0.15, 0.2) is 47.2 Å². The minimum absolute atomic E-state index is 0.743. The van der Waals surface area contributed by atoms with E-state index >= 15 is 0 Å². The molecule has 0 radical (unpaired) electrons. The van der Waals surface area contributed by atoms with Crippen molar-refractivity contribution < 1.29 is 0 Å². The number of benzene rings is 1. The second-order valence-corrected chi connectivity index (χ2v) is 5.16. The quantitative estimate of drug-likeness (QED) is 0.791. The zero-order valence-electron chi connectivity index (χ0n) is 8.86. The van der Waals surface area contributed by atoms with Gasteiger partial charge in [0.1, 0.15) is 0 Å². The Hall–Kier alpha value is -1.15. The molecule has 1 aliphatic rings. The van der Waals surface area contributed by atoms with E-state index in [9.17, 15) is 0 Å². The Morgan fingerprint density at radius 2 is 1.81 bits per heavy atom. The van der Waals surface area contributed by atoms with E-state index in [1.165, 1.54) is 29.5 Å². The molecule has 0 amide bonds. The average Bonchev–Trinajstić information content (AvgIpc) is 3.14. The van der Waals surface area contributed by atoms with Crippen LogP contribution in [0, 0.1) is 0 Å². The van der Waals surface area contributed by atoms with Gasteiger partial charge in [0.2, 0.25) is 0 Å². The van der Waals surface area contributed by atoms with Gasteiger partial charge in [0, 0.05) is 16.9 Å². The van der Waals surface area contributed by atoms with Gasteiger partial charge in [0.25, 0.3) is 0 Å². The Morgan fingerprint density at radius 3 is 2.50 bits per heavy atom. The molecule has 1 heterocycles. The minimum Gasteiger partial charge on any atom is -0.264 e. The zero-order valence-corrected chi connectivity index (χ0v) is 10.4. The topological polar surface area (TPSA) is 12.9 Å². The summed E-state index contributed by atoms with van der Waals surface area (Å²) in [7, 11) is 0. The van der Waals surface area contributed by atoms with Gasteiger partial charge < -0.3 is 0 Å². The maximum absolute atomic E-state index is 4.24. The summed E-state index contributed by atoms with van der Waals surface area (Å²) in [4.78, 5) is 4.24. The molecule has 0 bridgehead atoms. The van der Waals surface area contributed by atoms with E-state index in [0.717, 1.165) is 10.4 Å². The van der Waals surface area contributed by atoms with Crippen molar-refractivity contribution >= 4 is 15.9 Å². The molecule has 0 atom stereocenters. The van der Waals surface area contributed by atoms with Crippen molar-refractivity contribution in [3.8, 4) is 11.1 Å². The van der Waals surface area contributed by atoms with Gasteiger partial charge in [-0.05, 0) is 53.6 Å². The van der Waals surface area contributed by atoms with Crippen LogP contribution in [0.3, 0.4) is 0 Å². The highest BCUT2D eigenvalue weighted by Gasteiger charge is 2.26. The Morgan fingerprint density at radius 1 is 1.06 bits per heavy atom. The van der Waals surface area contributed by atoms with Crippen molar-refractivity contribution in [2.45, 2.75) is 18.8 Å². The fourth-order valence-electron chi connectivity index (χ4n) is 2.02. The average molecular weight is 274 g/mol. The summed E-state index contributed by atoms with van der Waals surface area (Å²) >= 11 is 3.47. The highest BCUT2D eigenvalue weighted by atomic mass is 79.9. The molecule has 0 saturated heterocycles. The molecule has 1 aliphatic carbocycles. The maximum Gasteiger partial charge on any atom is 0.0308 e. The van der Waals surface area contributed by atoms with Crippen molar-refractivity contribution in [2.75, 3.05) is 0 Å². The third-order valence-corrected chi connectivity index (χ3v) is 3.55. The van der Waals surface area contributed by atoms with Gasteiger partial charge in [-0.1, -0.05) is 28.1 Å². The van der Waals surface area contributed by atoms with E-state index in [-0.39, 0.29) is 0 Å². The molecule has 1 aromatic carbocycles. The van der Waals surface area contributed by atoms with Crippen LogP contribution in [-0.4, -0.2) is 4.98 Å². The minimum atomic E-state index is 0.743. The summed E-state index contributed by atoms with van der Waals surface area (Å²) in [6, 6.07) is 10.6. The highest BCUT2D eigenvalue weighted by Crippen LogP contribution is 2.43. The van der Waals surface area contributed by atoms with Gasteiger partial charge in [-0.25, -0.2) is 0 Å². The third kappa shape index (κ3) is 1.90. The molecule has 1 nitrogen and oxygen atoms in total. The summed E-state index contributed by atoms with van der Waals surface area (Å²) < 4.78 is 1.12. The number of hydrogen-bond acceptors (Lipinski definition) is 1. The Balaban J connectivity index is 2.08. The molecule has 3 rings (SSSR count).